The van der Waals surface area contributed by atoms with Gasteiger partial charge in [-0.3, -0.25) is 5.01 Å². The molecule has 0 aromatic carbocycles. The van der Waals surface area contributed by atoms with E-state index in [1.165, 1.54) is 4.79 Å². The fraction of sp³-hybridized carbons (Fsp3) is 0.800. The van der Waals surface area contributed by atoms with Crippen molar-refractivity contribution >= 4 is 0 Å². The van der Waals surface area contributed by atoms with E-state index in [1.54, 1.807) is 0 Å². The summed E-state index contributed by atoms with van der Waals surface area (Å²) in [5.41, 5.74) is 0. The van der Waals surface area contributed by atoms with Gasteiger partial charge in [-0.2, -0.15) is 0 Å². The van der Waals surface area contributed by atoms with Crippen molar-refractivity contribution < 1.29 is 4.74 Å². The van der Waals surface area contributed by atoms with Crippen LogP contribution in [0.25, 0.3) is 0 Å². The highest BCUT2D eigenvalue weighted by Gasteiger charge is 2.11. The van der Waals surface area contributed by atoms with Crippen LogP contribution in [-0.4, -0.2) is 46.6 Å². The molecule has 1 aromatic rings. The van der Waals surface area contributed by atoms with Crippen LogP contribution in [0.2, 0.25) is 0 Å². The predicted octanol–water partition coefficient (Wildman–Crippen LogP) is -1.56. The van der Waals surface area contributed by atoms with Crippen LogP contribution in [0.5, 0.6) is 0 Å². The van der Waals surface area contributed by atoms with Gasteiger partial charge >= 0.3 is 0 Å². The summed E-state index contributed by atoms with van der Waals surface area (Å²) in [6.45, 7) is 3.10. The minimum Gasteiger partial charge on any atom is -0.378 e. The summed E-state index contributed by atoms with van der Waals surface area (Å²) in [4.78, 5) is 1.52. The van der Waals surface area contributed by atoms with Crippen LogP contribution in [0.4, 0.5) is 0 Å². The fourth-order valence-corrected chi connectivity index (χ4v) is 1.00. The summed E-state index contributed by atoms with van der Waals surface area (Å²) < 4.78 is 5.16. The molecule has 6 heteroatoms. The number of tetrazole rings is 1. The van der Waals surface area contributed by atoms with Crippen molar-refractivity contribution in [2.75, 3.05) is 31.3 Å². The molecule has 6 nitrogen and oxygen atoms in total. The molecule has 1 aromatic heterocycles. The molecular formula is C5H8N5O. The maximum atomic E-state index is 5.16. The minimum atomic E-state index is 0.730. The van der Waals surface area contributed by atoms with Gasteiger partial charge in [0.1, 0.15) is 0 Å². The van der Waals surface area contributed by atoms with Gasteiger partial charge in [0.05, 0.1) is 26.3 Å². The second kappa shape index (κ2) is 2.83. The highest BCUT2D eigenvalue weighted by atomic mass is 16.5. The van der Waals surface area contributed by atoms with E-state index in [2.05, 4.69) is 21.9 Å². The third-order valence-corrected chi connectivity index (χ3v) is 1.56. The van der Waals surface area contributed by atoms with Crippen LogP contribution in [0.3, 0.4) is 0 Å². The topological polar surface area (TPSA) is 56.1 Å². The van der Waals surface area contributed by atoms with Gasteiger partial charge in [-0.15, -0.1) is 9.89 Å². The number of aromatic nitrogens is 4. The lowest BCUT2D eigenvalue weighted by Gasteiger charge is -2.26. The molecule has 1 aliphatic rings. The van der Waals surface area contributed by atoms with E-state index >= 15 is 0 Å². The second-order valence-electron chi connectivity index (χ2n) is 2.23. The average Bonchev–Trinajstić information content (AvgIpc) is 2.58. The first-order valence-electron chi connectivity index (χ1n) is 3.46. The normalized spacial score (nSPS) is 18.7. The van der Waals surface area contributed by atoms with Gasteiger partial charge in [-0.05, 0) is 10.4 Å². The molecule has 0 atom stereocenters. The maximum Gasteiger partial charge on any atom is 0.245 e. The number of ether oxygens (including phenoxy) is 1. The fourth-order valence-electron chi connectivity index (χ4n) is 1.00. The Balaban J connectivity index is 2.04. The number of hydrogen-bond acceptors (Lipinski definition) is 5. The van der Waals surface area contributed by atoms with Gasteiger partial charge < -0.3 is 4.74 Å². The summed E-state index contributed by atoms with van der Waals surface area (Å²) in [7, 11) is 0. The molecule has 1 saturated heterocycles. The first-order chi connectivity index (χ1) is 5.47. The van der Waals surface area contributed by atoms with Gasteiger partial charge in [0.25, 0.3) is 0 Å². The molecule has 1 radical (unpaired) electrons. The average molecular weight is 154 g/mol. The lowest BCUT2D eigenvalue weighted by atomic mass is 10.5. The lowest BCUT2D eigenvalue weighted by Crippen LogP contribution is -2.44. The van der Waals surface area contributed by atoms with Crippen LogP contribution in [0, 0.1) is 6.33 Å². The van der Waals surface area contributed by atoms with Crippen molar-refractivity contribution in [3.05, 3.63) is 6.33 Å². The number of morpholine rings is 1. The third kappa shape index (κ3) is 1.30. The Bertz CT molecular complexity index is 205. The zero-order valence-corrected chi connectivity index (χ0v) is 5.97. The maximum absolute atomic E-state index is 5.16. The Morgan fingerprint density at radius 3 is 2.73 bits per heavy atom. The Morgan fingerprint density at radius 1 is 1.27 bits per heavy atom. The molecule has 0 spiro atoms. The van der Waals surface area contributed by atoms with Crippen LogP contribution in [0.15, 0.2) is 0 Å². The lowest BCUT2D eigenvalue weighted by molar-refractivity contribution is 0.108. The largest absolute Gasteiger partial charge is 0.378 e. The van der Waals surface area contributed by atoms with E-state index in [4.69, 9.17) is 4.74 Å². The SMILES string of the molecule is [c]1nnnn1N1CCOCC1. The van der Waals surface area contributed by atoms with E-state index < -0.39 is 0 Å². The zero-order chi connectivity index (χ0) is 7.52. The Kier molecular flexibility index (Phi) is 1.68. The Labute approximate surface area is 63.7 Å². The summed E-state index contributed by atoms with van der Waals surface area (Å²) in [6, 6.07) is 0. The summed E-state index contributed by atoms with van der Waals surface area (Å²) >= 11 is 0. The molecule has 2 heterocycles. The number of hydrogen-bond donors (Lipinski definition) is 0. The third-order valence-electron chi connectivity index (χ3n) is 1.56. The molecule has 1 fully saturated rings. The van der Waals surface area contributed by atoms with Crippen molar-refractivity contribution in [3.8, 4) is 0 Å². The van der Waals surface area contributed by atoms with Crippen LogP contribution in [0.1, 0.15) is 0 Å². The quantitative estimate of drug-likeness (QED) is 0.489. The number of nitrogens with zero attached hydrogens (tertiary/aromatic N) is 5. The molecule has 0 N–H and O–H groups in total. The number of rotatable bonds is 1. The standard InChI is InChI=1S/C5H8N5O/c1-3-11-4-2-9(1)10-5-6-7-8-10/h1-4H2. The molecular weight excluding hydrogens is 146 g/mol. The van der Waals surface area contributed by atoms with E-state index in [0.29, 0.717) is 0 Å². The van der Waals surface area contributed by atoms with Gasteiger partial charge in [-0.25, -0.2) is 0 Å². The summed E-state index contributed by atoms with van der Waals surface area (Å²) in [5, 5.41) is 12.6. The molecule has 0 bridgehead atoms. The molecule has 0 saturated carbocycles. The van der Waals surface area contributed by atoms with Gasteiger partial charge in [0.15, 0.2) is 0 Å². The molecule has 0 aliphatic carbocycles. The molecule has 0 amide bonds. The molecule has 1 aliphatic heterocycles. The zero-order valence-electron chi connectivity index (χ0n) is 5.97. The van der Waals surface area contributed by atoms with Crippen LogP contribution in [-0.2, 0) is 4.74 Å². The van der Waals surface area contributed by atoms with E-state index in [9.17, 15) is 0 Å². The highest BCUT2D eigenvalue weighted by Crippen LogP contribution is 1.92. The van der Waals surface area contributed by atoms with Gasteiger partial charge in [0.2, 0.25) is 6.33 Å². The van der Waals surface area contributed by atoms with Gasteiger partial charge in [0, 0.05) is 0 Å². The summed E-state index contributed by atoms with van der Waals surface area (Å²) in [5.74, 6) is 0. The van der Waals surface area contributed by atoms with Crippen molar-refractivity contribution in [2.24, 2.45) is 0 Å². The van der Waals surface area contributed by atoms with Crippen molar-refractivity contribution in [2.45, 2.75) is 0 Å². The van der Waals surface area contributed by atoms with Crippen LogP contribution < -0.4 is 5.01 Å². The monoisotopic (exact) mass is 154 g/mol. The van der Waals surface area contributed by atoms with Crippen molar-refractivity contribution in [1.82, 2.24) is 20.3 Å². The molecule has 59 valence electrons. The summed E-state index contributed by atoms with van der Waals surface area (Å²) in [6.07, 6.45) is 2.62. The first kappa shape index (κ1) is 6.53. The predicted molar refractivity (Wildman–Crippen MR) is 35.4 cm³/mol. The smallest absolute Gasteiger partial charge is 0.245 e. The molecule has 2 rings (SSSR count). The van der Waals surface area contributed by atoms with E-state index in [0.717, 1.165) is 26.3 Å². The Morgan fingerprint density at radius 2 is 2.09 bits per heavy atom. The van der Waals surface area contributed by atoms with E-state index in [1.807, 2.05) is 5.01 Å². The van der Waals surface area contributed by atoms with Gasteiger partial charge in [-0.1, -0.05) is 0 Å². The Hall–Kier alpha value is -1.17. The molecule has 11 heavy (non-hydrogen) atoms. The van der Waals surface area contributed by atoms with E-state index in [-0.39, 0.29) is 0 Å². The van der Waals surface area contributed by atoms with Crippen molar-refractivity contribution in [1.29, 1.82) is 0 Å². The first-order valence-corrected chi connectivity index (χ1v) is 3.46. The highest BCUT2D eigenvalue weighted by molar-refractivity contribution is 4.82. The van der Waals surface area contributed by atoms with Crippen LogP contribution >= 0.6 is 0 Å². The second-order valence-corrected chi connectivity index (χ2v) is 2.23. The van der Waals surface area contributed by atoms with Crippen molar-refractivity contribution in [3.63, 3.8) is 0 Å². The molecule has 0 unspecified atom stereocenters. The minimum absolute atomic E-state index is 0.730.